The fraction of sp³-hybridized carbons (Fsp3) is 0.603. The minimum atomic E-state index is 0.500. The molecule has 1 aromatic carbocycles. The van der Waals surface area contributed by atoms with Gasteiger partial charge in [-0.1, -0.05) is 250 Å². The van der Waals surface area contributed by atoms with Crippen LogP contribution in [0.1, 0.15) is 208 Å². The van der Waals surface area contributed by atoms with E-state index in [9.17, 15) is 0 Å². The average molecular weight is 909 g/mol. The minimum absolute atomic E-state index is 0.500. The number of nitrogens with zero attached hydrogens (tertiary/aromatic N) is 7. The van der Waals surface area contributed by atoms with Crippen molar-refractivity contribution in [2.24, 2.45) is 27.1 Å². The SMILES string of the molecule is CC.CC.CC.CC.CC.CC(C)(C)C.CC(C)(C)C.CC(C)(C)C.CC(C)(C)C.CC(C)(C)C.c1ccccc1.c1ccncc1.c1ccnnc1.c1cnccn1.c1cncnc1. The molecule has 0 N–H and O–H groups in total. The highest BCUT2D eigenvalue weighted by molar-refractivity contribution is 4.99. The molecule has 7 nitrogen and oxygen atoms in total. The van der Waals surface area contributed by atoms with E-state index in [-0.39, 0.29) is 0 Å². The van der Waals surface area contributed by atoms with E-state index in [4.69, 9.17) is 0 Å². The third-order valence-corrected chi connectivity index (χ3v) is 2.67. The highest BCUT2D eigenvalue weighted by Gasteiger charge is 1.97. The summed E-state index contributed by atoms with van der Waals surface area (Å²) in [6.45, 7) is 63.8. The maximum absolute atomic E-state index is 3.78. The summed E-state index contributed by atoms with van der Waals surface area (Å²) in [4.78, 5) is 18.6. The first-order valence-corrected chi connectivity index (χ1v) is 24.0. The van der Waals surface area contributed by atoms with Crippen LogP contribution in [0.15, 0.2) is 141 Å². The Bertz CT molecular complexity index is 907. The van der Waals surface area contributed by atoms with E-state index in [2.05, 4.69) is 174 Å². The van der Waals surface area contributed by atoms with E-state index < -0.39 is 0 Å². The highest BCUT2D eigenvalue weighted by atomic mass is 15.1. The van der Waals surface area contributed by atoms with Crippen LogP contribution in [0.25, 0.3) is 0 Å². The summed E-state index contributed by atoms with van der Waals surface area (Å²) in [5, 5.41) is 7.07. The summed E-state index contributed by atoms with van der Waals surface area (Å²) in [5.41, 5.74) is 2.50. The molecule has 0 saturated heterocycles. The van der Waals surface area contributed by atoms with Crippen molar-refractivity contribution in [2.45, 2.75) is 208 Å². The molecule has 4 heterocycles. The van der Waals surface area contributed by atoms with Crippen LogP contribution in [0.2, 0.25) is 0 Å². The van der Waals surface area contributed by atoms with E-state index in [0.717, 1.165) is 0 Å². The minimum Gasteiger partial charge on any atom is -0.265 e. The quantitative estimate of drug-likeness (QED) is 0.153. The number of rotatable bonds is 0. The average Bonchev–Trinajstić information content (AvgIpc) is 3.26. The molecule has 0 radical (unpaired) electrons. The van der Waals surface area contributed by atoms with E-state index in [1.807, 2.05) is 136 Å². The van der Waals surface area contributed by atoms with Crippen LogP contribution in [-0.4, -0.2) is 35.1 Å². The third-order valence-electron chi connectivity index (χ3n) is 2.67. The van der Waals surface area contributed by atoms with Crippen molar-refractivity contribution in [3.05, 3.63) is 141 Å². The molecule has 65 heavy (non-hydrogen) atoms. The van der Waals surface area contributed by atoms with Gasteiger partial charge in [-0.3, -0.25) is 15.0 Å². The zero-order valence-corrected chi connectivity index (χ0v) is 48.9. The topological polar surface area (TPSA) is 90.2 Å². The van der Waals surface area contributed by atoms with Gasteiger partial charge in [0.15, 0.2) is 0 Å². The van der Waals surface area contributed by atoms with Crippen LogP contribution < -0.4 is 0 Å². The Morgan fingerprint density at radius 2 is 0.338 bits per heavy atom. The lowest BCUT2D eigenvalue weighted by Crippen LogP contribution is -1.93. The molecule has 0 aliphatic carbocycles. The first-order chi connectivity index (χ1) is 30.0. The maximum atomic E-state index is 3.78. The summed E-state index contributed by atoms with van der Waals surface area (Å²) in [7, 11) is 0. The van der Waals surface area contributed by atoms with E-state index in [1.54, 1.807) is 68.0 Å². The third kappa shape index (κ3) is 302. The van der Waals surface area contributed by atoms with Gasteiger partial charge in [-0.25, -0.2) is 9.97 Å². The monoisotopic (exact) mass is 908 g/mol. The Morgan fingerprint density at radius 3 is 0.415 bits per heavy atom. The van der Waals surface area contributed by atoms with Gasteiger partial charge in [0.05, 0.1) is 0 Å². The lowest BCUT2D eigenvalue weighted by Gasteiger charge is -2.05. The number of pyridine rings is 1. The standard InChI is InChI=1S/C6H6.C5H5N.5C5H12.3C4H4N2.5C2H6/c2*1-2-4-6-5-3-1;5*1-5(2,3)4;1-2-6-4-3-5-1;1-2-5-4-6-3-1;1-2-4-6-5-3-1;5*1-2/h1-6H;1-5H;5*1-4H3;3*1-4H;5*1-2H3. The molecule has 7 heteroatoms. The molecule has 5 rings (SSSR count). The Balaban J connectivity index is -0.0000000633. The van der Waals surface area contributed by atoms with Crippen LogP contribution in [-0.2, 0) is 0 Å². The normalized spacial score (nSPS) is 8.77. The van der Waals surface area contributed by atoms with Crippen LogP contribution in [0.4, 0.5) is 0 Å². The molecule has 4 aromatic heterocycles. The van der Waals surface area contributed by atoms with Crippen molar-refractivity contribution >= 4 is 0 Å². The first-order valence-electron chi connectivity index (χ1n) is 24.0. The van der Waals surface area contributed by atoms with Crippen molar-refractivity contribution in [3.63, 3.8) is 0 Å². The van der Waals surface area contributed by atoms with Crippen molar-refractivity contribution in [2.75, 3.05) is 0 Å². The van der Waals surface area contributed by atoms with Gasteiger partial charge in [0.1, 0.15) is 6.33 Å². The Kier molecular flexibility index (Phi) is 85.7. The largest absolute Gasteiger partial charge is 0.265 e. The molecule has 0 amide bonds. The molecular formula is C58H113N7. The summed E-state index contributed by atoms with van der Waals surface area (Å²) in [6, 6.07) is 23.1. The van der Waals surface area contributed by atoms with Crippen molar-refractivity contribution < 1.29 is 0 Å². The Hall–Kier alpha value is -4.39. The van der Waals surface area contributed by atoms with Gasteiger partial charge in [-0.15, -0.1) is 0 Å². The molecule has 0 aliphatic rings. The second kappa shape index (κ2) is 66.2. The van der Waals surface area contributed by atoms with E-state index >= 15 is 0 Å². The zero-order chi connectivity index (χ0) is 53.7. The van der Waals surface area contributed by atoms with Crippen molar-refractivity contribution in [1.82, 2.24) is 35.1 Å². The fourth-order valence-electron chi connectivity index (χ4n) is 1.46. The number of hydrogen-bond acceptors (Lipinski definition) is 7. The molecule has 0 atom stereocenters. The van der Waals surface area contributed by atoms with Gasteiger partial charge in [0, 0.05) is 62.0 Å². The molecule has 0 aliphatic heterocycles. The fourth-order valence-corrected chi connectivity index (χ4v) is 1.46. The lowest BCUT2D eigenvalue weighted by molar-refractivity contribution is 0.469. The zero-order valence-electron chi connectivity index (χ0n) is 48.9. The summed E-state index contributed by atoms with van der Waals surface area (Å²) in [6.07, 6.45) is 18.2. The lowest BCUT2D eigenvalue weighted by atomic mass is 10.0. The van der Waals surface area contributed by atoms with Gasteiger partial charge in [0.2, 0.25) is 0 Å². The predicted molar refractivity (Wildman–Crippen MR) is 299 cm³/mol. The van der Waals surface area contributed by atoms with Gasteiger partial charge in [0.25, 0.3) is 0 Å². The van der Waals surface area contributed by atoms with Crippen molar-refractivity contribution in [3.8, 4) is 0 Å². The second-order valence-corrected chi connectivity index (χ2v) is 19.9. The molecule has 0 bridgehead atoms. The number of benzene rings is 1. The van der Waals surface area contributed by atoms with Crippen LogP contribution in [0.3, 0.4) is 0 Å². The molecule has 0 saturated carbocycles. The van der Waals surface area contributed by atoms with Crippen molar-refractivity contribution in [1.29, 1.82) is 0 Å². The van der Waals surface area contributed by atoms with Gasteiger partial charge in [-0.05, 0) is 57.4 Å². The molecule has 0 spiro atoms. The van der Waals surface area contributed by atoms with Crippen LogP contribution >= 0.6 is 0 Å². The second-order valence-electron chi connectivity index (χ2n) is 19.9. The van der Waals surface area contributed by atoms with Gasteiger partial charge in [-0.2, -0.15) is 10.2 Å². The van der Waals surface area contributed by atoms with Crippen LogP contribution in [0.5, 0.6) is 0 Å². The highest BCUT2D eigenvalue weighted by Crippen LogP contribution is 2.10. The molecule has 0 fully saturated rings. The molecule has 5 aromatic rings. The van der Waals surface area contributed by atoms with Crippen LogP contribution in [0, 0.1) is 27.1 Å². The van der Waals surface area contributed by atoms with E-state index in [1.165, 1.54) is 6.33 Å². The first kappa shape index (κ1) is 84.1. The maximum Gasteiger partial charge on any atom is 0.115 e. The number of aromatic nitrogens is 7. The number of hydrogen-bond donors (Lipinski definition) is 0. The van der Waals surface area contributed by atoms with Gasteiger partial charge < -0.3 is 0 Å². The smallest absolute Gasteiger partial charge is 0.115 e. The summed E-state index contributed by atoms with van der Waals surface area (Å²) >= 11 is 0. The summed E-state index contributed by atoms with van der Waals surface area (Å²) < 4.78 is 0. The molecular weight excluding hydrogens is 795 g/mol. The molecule has 0 unspecified atom stereocenters. The van der Waals surface area contributed by atoms with Gasteiger partial charge >= 0.3 is 0 Å². The van der Waals surface area contributed by atoms with E-state index in [0.29, 0.717) is 27.1 Å². The predicted octanol–water partition coefficient (Wildman–Crippen LogP) is 19.6. The summed E-state index contributed by atoms with van der Waals surface area (Å²) in [5.74, 6) is 0. The Labute approximate surface area is 409 Å². The molecule has 380 valence electrons. The Morgan fingerprint density at radius 1 is 0.185 bits per heavy atom.